The molecule has 2 heterocycles. The van der Waals surface area contributed by atoms with E-state index in [9.17, 15) is 0 Å². The Balaban J connectivity index is 0.00000192. The highest BCUT2D eigenvalue weighted by Crippen LogP contribution is 2.23. The molecule has 0 saturated carbocycles. The monoisotopic (exact) mass is 426 g/mol. The number of aliphatic imine (C=N–C) groups is 1. The third-order valence-corrected chi connectivity index (χ3v) is 4.05. The highest BCUT2D eigenvalue weighted by molar-refractivity contribution is 14.0. The molecule has 2 aromatic rings. The second kappa shape index (κ2) is 8.33. The molecule has 1 aliphatic heterocycles. The van der Waals surface area contributed by atoms with E-state index >= 15 is 0 Å². The maximum Gasteiger partial charge on any atom is 0.191 e. The lowest BCUT2D eigenvalue weighted by Crippen LogP contribution is -2.43. The number of guanidine groups is 1. The number of piperidine rings is 1. The maximum atomic E-state index is 6.13. The number of rotatable bonds is 3. The summed E-state index contributed by atoms with van der Waals surface area (Å²) in [6.45, 7) is 4.67. The van der Waals surface area contributed by atoms with E-state index in [1.54, 1.807) is 0 Å². The third-order valence-electron chi connectivity index (χ3n) is 4.05. The first-order valence-electron chi connectivity index (χ1n) is 7.76. The summed E-state index contributed by atoms with van der Waals surface area (Å²) in [7, 11) is 0. The summed E-state index contributed by atoms with van der Waals surface area (Å²) in [5.74, 6) is 2.05. The van der Waals surface area contributed by atoms with Gasteiger partial charge in [-0.15, -0.1) is 24.0 Å². The summed E-state index contributed by atoms with van der Waals surface area (Å²) < 4.78 is 5.51. The molecule has 1 aromatic carbocycles. The first-order chi connectivity index (χ1) is 10.7. The van der Waals surface area contributed by atoms with Gasteiger partial charge in [-0.1, -0.05) is 37.3 Å². The Labute approximate surface area is 154 Å². The van der Waals surface area contributed by atoms with E-state index < -0.39 is 0 Å². The van der Waals surface area contributed by atoms with Crippen LogP contribution in [0.15, 0.2) is 46.1 Å². The fourth-order valence-corrected chi connectivity index (χ4v) is 2.86. The summed E-state index contributed by atoms with van der Waals surface area (Å²) in [5.41, 5.74) is 7.96. The van der Waals surface area contributed by atoms with Gasteiger partial charge in [0.15, 0.2) is 18.1 Å². The van der Waals surface area contributed by atoms with Crippen LogP contribution in [0.2, 0.25) is 0 Å². The molecule has 1 unspecified atom stereocenters. The largest absolute Gasteiger partial charge is 0.443 e. The molecule has 3 rings (SSSR count). The van der Waals surface area contributed by atoms with E-state index in [1.165, 1.54) is 19.2 Å². The van der Waals surface area contributed by atoms with E-state index in [0.717, 1.165) is 30.1 Å². The highest BCUT2D eigenvalue weighted by Gasteiger charge is 2.18. The topological polar surface area (TPSA) is 67.7 Å². The van der Waals surface area contributed by atoms with Gasteiger partial charge in [0.25, 0.3) is 0 Å². The number of benzene rings is 1. The summed E-state index contributed by atoms with van der Waals surface area (Å²) in [6.07, 6.45) is 3.91. The molecule has 6 heteroatoms. The van der Waals surface area contributed by atoms with Crippen LogP contribution in [0.1, 0.15) is 25.5 Å². The Kier molecular flexibility index (Phi) is 6.44. The Morgan fingerprint density at radius 1 is 1.39 bits per heavy atom. The normalized spacial score (nSPS) is 18.6. The van der Waals surface area contributed by atoms with Gasteiger partial charge in [0.2, 0.25) is 0 Å². The fraction of sp³-hybridized carbons (Fsp3) is 0.412. The van der Waals surface area contributed by atoms with Gasteiger partial charge in [0, 0.05) is 18.7 Å². The number of hydrogen-bond acceptors (Lipinski definition) is 3. The van der Waals surface area contributed by atoms with Crippen LogP contribution in [0, 0.1) is 5.92 Å². The minimum Gasteiger partial charge on any atom is -0.443 e. The predicted octanol–water partition coefficient (Wildman–Crippen LogP) is 3.51. The molecule has 5 nitrogen and oxygen atoms in total. The van der Waals surface area contributed by atoms with Crippen molar-refractivity contribution < 1.29 is 4.42 Å². The van der Waals surface area contributed by atoms with Gasteiger partial charge >= 0.3 is 0 Å². The molecule has 1 saturated heterocycles. The van der Waals surface area contributed by atoms with Crippen molar-refractivity contribution >= 4 is 29.9 Å². The SMILES string of the molecule is CC1CCCN(C(N)=NCc2ncoc2-c2ccccc2)C1.I. The standard InChI is InChI=1S/C17H22N4O.HI/c1-13-6-5-9-21(11-13)17(18)19-10-15-16(22-12-20-15)14-7-3-2-4-8-14;/h2-4,7-8,12-13H,5-6,9-11H2,1H3,(H2,18,19);1H. The van der Waals surface area contributed by atoms with Gasteiger partial charge in [-0.2, -0.15) is 0 Å². The van der Waals surface area contributed by atoms with E-state index in [4.69, 9.17) is 10.2 Å². The van der Waals surface area contributed by atoms with Gasteiger partial charge in [0.05, 0.1) is 6.54 Å². The zero-order valence-electron chi connectivity index (χ0n) is 13.3. The summed E-state index contributed by atoms with van der Waals surface area (Å²) in [5, 5.41) is 0. The van der Waals surface area contributed by atoms with Crippen LogP contribution in [-0.2, 0) is 6.54 Å². The number of hydrogen-bond donors (Lipinski definition) is 1. The molecule has 0 radical (unpaired) electrons. The number of likely N-dealkylation sites (tertiary alicyclic amines) is 1. The number of aromatic nitrogens is 1. The zero-order valence-corrected chi connectivity index (χ0v) is 15.6. The second-order valence-corrected chi connectivity index (χ2v) is 5.86. The van der Waals surface area contributed by atoms with Crippen molar-refractivity contribution in [3.8, 4) is 11.3 Å². The van der Waals surface area contributed by atoms with Gasteiger partial charge < -0.3 is 15.1 Å². The van der Waals surface area contributed by atoms with Crippen LogP contribution < -0.4 is 5.73 Å². The van der Waals surface area contributed by atoms with Crippen molar-refractivity contribution in [1.29, 1.82) is 0 Å². The van der Waals surface area contributed by atoms with Crippen LogP contribution in [0.25, 0.3) is 11.3 Å². The van der Waals surface area contributed by atoms with Crippen molar-refractivity contribution in [3.05, 3.63) is 42.4 Å². The third kappa shape index (κ3) is 4.46. The molecule has 1 aliphatic rings. The van der Waals surface area contributed by atoms with E-state index in [1.807, 2.05) is 30.3 Å². The van der Waals surface area contributed by atoms with Gasteiger partial charge in [-0.3, -0.25) is 0 Å². The van der Waals surface area contributed by atoms with E-state index in [0.29, 0.717) is 18.4 Å². The van der Waals surface area contributed by atoms with Crippen LogP contribution in [-0.4, -0.2) is 28.9 Å². The van der Waals surface area contributed by atoms with Gasteiger partial charge in [-0.05, 0) is 18.8 Å². The molecule has 1 atom stereocenters. The number of nitrogens with zero attached hydrogens (tertiary/aromatic N) is 3. The minimum atomic E-state index is 0. The van der Waals surface area contributed by atoms with E-state index in [-0.39, 0.29) is 24.0 Å². The van der Waals surface area contributed by atoms with Crippen LogP contribution in [0.3, 0.4) is 0 Å². The smallest absolute Gasteiger partial charge is 0.191 e. The Hall–Kier alpha value is -1.57. The van der Waals surface area contributed by atoms with Crippen molar-refractivity contribution in [1.82, 2.24) is 9.88 Å². The highest BCUT2D eigenvalue weighted by atomic mass is 127. The van der Waals surface area contributed by atoms with Crippen LogP contribution >= 0.6 is 24.0 Å². The summed E-state index contributed by atoms with van der Waals surface area (Å²) in [4.78, 5) is 10.9. The van der Waals surface area contributed by atoms with Gasteiger partial charge in [0.1, 0.15) is 5.69 Å². The Morgan fingerprint density at radius 2 is 2.17 bits per heavy atom. The zero-order chi connectivity index (χ0) is 15.4. The van der Waals surface area contributed by atoms with Crippen molar-refractivity contribution in [2.75, 3.05) is 13.1 Å². The second-order valence-electron chi connectivity index (χ2n) is 5.86. The molecule has 23 heavy (non-hydrogen) atoms. The molecular weight excluding hydrogens is 403 g/mol. The average Bonchev–Trinajstić information content (AvgIpc) is 3.02. The van der Waals surface area contributed by atoms with Crippen molar-refractivity contribution in [3.63, 3.8) is 0 Å². The predicted molar refractivity (Wildman–Crippen MR) is 103 cm³/mol. The number of oxazole rings is 1. The quantitative estimate of drug-likeness (QED) is 0.464. The van der Waals surface area contributed by atoms with Crippen LogP contribution in [0.5, 0.6) is 0 Å². The molecule has 0 bridgehead atoms. The average molecular weight is 426 g/mol. The molecule has 2 N–H and O–H groups in total. The number of halogens is 1. The molecule has 1 fully saturated rings. The first-order valence-corrected chi connectivity index (χ1v) is 7.76. The minimum absolute atomic E-state index is 0. The number of nitrogens with two attached hydrogens (primary N) is 1. The summed E-state index contributed by atoms with van der Waals surface area (Å²) >= 11 is 0. The van der Waals surface area contributed by atoms with Gasteiger partial charge in [-0.25, -0.2) is 9.98 Å². The maximum absolute atomic E-state index is 6.13. The van der Waals surface area contributed by atoms with Crippen molar-refractivity contribution in [2.24, 2.45) is 16.6 Å². The molecule has 0 spiro atoms. The summed E-state index contributed by atoms with van der Waals surface area (Å²) in [6, 6.07) is 9.95. The van der Waals surface area contributed by atoms with Crippen LogP contribution in [0.4, 0.5) is 0 Å². The Morgan fingerprint density at radius 3 is 2.91 bits per heavy atom. The molecule has 124 valence electrons. The van der Waals surface area contributed by atoms with E-state index in [2.05, 4.69) is 21.8 Å². The first kappa shape index (κ1) is 17.8. The molecule has 0 amide bonds. The fourth-order valence-electron chi connectivity index (χ4n) is 2.86. The van der Waals surface area contributed by atoms with Crippen molar-refractivity contribution in [2.45, 2.75) is 26.3 Å². The molecule has 0 aliphatic carbocycles. The molecular formula is C17H23IN4O. The molecule has 1 aromatic heterocycles. The Bertz CT molecular complexity index is 641. The lowest BCUT2D eigenvalue weighted by atomic mass is 10.0. The lowest BCUT2D eigenvalue weighted by Gasteiger charge is -2.31. The lowest BCUT2D eigenvalue weighted by molar-refractivity contribution is 0.270.